The number of carbonyl (C=O) groups excluding carboxylic acids is 2. The number of hydrazine groups is 1. The Morgan fingerprint density at radius 1 is 1.29 bits per heavy atom. The van der Waals surface area contributed by atoms with Gasteiger partial charge in [0.25, 0.3) is 17.5 Å². The molecule has 2 amide bonds. The van der Waals surface area contributed by atoms with Crippen molar-refractivity contribution in [3.8, 4) is 11.3 Å². The maximum atomic E-state index is 12.7. The van der Waals surface area contributed by atoms with Gasteiger partial charge < -0.3 is 4.42 Å². The molecule has 1 aliphatic rings. The van der Waals surface area contributed by atoms with E-state index in [0.29, 0.717) is 22.0 Å². The first-order valence-electron chi connectivity index (χ1n) is 8.50. The number of nitro benzene ring substituents is 1. The lowest BCUT2D eigenvalue weighted by atomic mass is 10.1. The maximum Gasteiger partial charge on any atom is 0.285 e. The summed E-state index contributed by atoms with van der Waals surface area (Å²) in [7, 11) is 0. The zero-order valence-corrected chi connectivity index (χ0v) is 18.4. The Labute approximate surface area is 193 Å². The van der Waals surface area contributed by atoms with Gasteiger partial charge in [-0.3, -0.25) is 25.1 Å². The summed E-state index contributed by atoms with van der Waals surface area (Å²) >= 11 is 13.6. The predicted octanol–water partition coefficient (Wildman–Crippen LogP) is 5.12. The molecule has 12 heteroatoms. The van der Waals surface area contributed by atoms with Crippen LogP contribution >= 0.6 is 46.9 Å². The lowest BCUT2D eigenvalue weighted by Gasteiger charge is -2.14. The summed E-state index contributed by atoms with van der Waals surface area (Å²) in [5, 5.41) is 14.1. The van der Waals surface area contributed by atoms with E-state index in [0.717, 1.165) is 16.8 Å². The number of hydrogen-bond acceptors (Lipinski definition) is 8. The molecule has 3 heterocycles. The van der Waals surface area contributed by atoms with Crippen LogP contribution in [0.25, 0.3) is 17.4 Å². The monoisotopic (exact) mass is 491 g/mol. The Morgan fingerprint density at radius 2 is 2.10 bits per heavy atom. The maximum absolute atomic E-state index is 12.7. The molecule has 0 spiro atoms. The summed E-state index contributed by atoms with van der Waals surface area (Å²) in [5.74, 6) is -0.302. The Hall–Kier alpha value is -2.99. The van der Waals surface area contributed by atoms with Gasteiger partial charge in [-0.25, -0.2) is 0 Å². The molecule has 0 unspecified atom stereocenters. The largest absolute Gasteiger partial charge is 0.457 e. The lowest BCUT2D eigenvalue weighted by molar-refractivity contribution is -0.384. The van der Waals surface area contributed by atoms with Crippen LogP contribution < -0.4 is 5.43 Å². The van der Waals surface area contributed by atoms with Crippen molar-refractivity contribution < 1.29 is 18.9 Å². The molecule has 1 aromatic carbocycles. The van der Waals surface area contributed by atoms with Crippen molar-refractivity contribution >= 4 is 74.8 Å². The quantitative estimate of drug-likeness (QED) is 0.228. The lowest BCUT2D eigenvalue weighted by Crippen LogP contribution is -2.44. The highest BCUT2D eigenvalue weighted by Crippen LogP contribution is 2.35. The fraction of sp³-hybridized carbons (Fsp3) is 0. The first kappa shape index (κ1) is 21.2. The van der Waals surface area contributed by atoms with Crippen molar-refractivity contribution in [3.63, 3.8) is 0 Å². The minimum Gasteiger partial charge on any atom is -0.457 e. The average Bonchev–Trinajstić information content (AvgIpc) is 3.47. The molecule has 0 aliphatic carbocycles. The number of carbonyl (C=O) groups is 2. The molecule has 1 saturated heterocycles. The molecular formula is C19H10ClN3O5S3. The average molecular weight is 492 g/mol. The van der Waals surface area contributed by atoms with Gasteiger partial charge in [0.05, 0.1) is 19.7 Å². The third kappa shape index (κ3) is 4.39. The molecule has 1 N–H and O–H groups in total. The van der Waals surface area contributed by atoms with E-state index in [9.17, 15) is 19.7 Å². The van der Waals surface area contributed by atoms with Crippen LogP contribution in [-0.2, 0) is 4.79 Å². The number of amides is 2. The summed E-state index contributed by atoms with van der Waals surface area (Å²) in [6, 6.07) is 10.6. The van der Waals surface area contributed by atoms with Crippen LogP contribution in [-0.4, -0.2) is 26.1 Å². The van der Waals surface area contributed by atoms with Gasteiger partial charge in [-0.15, -0.1) is 11.3 Å². The summed E-state index contributed by atoms with van der Waals surface area (Å²) < 4.78 is 5.89. The van der Waals surface area contributed by atoms with E-state index in [1.54, 1.807) is 29.6 Å². The number of nitrogens with one attached hydrogen (secondary N) is 1. The number of thiophene rings is 1. The second-order valence-corrected chi connectivity index (χ2v) is 9.09. The molecule has 8 nitrogen and oxygen atoms in total. The predicted molar refractivity (Wildman–Crippen MR) is 123 cm³/mol. The molecule has 3 aromatic rings. The van der Waals surface area contributed by atoms with Crippen molar-refractivity contribution in [2.75, 3.05) is 0 Å². The fourth-order valence-electron chi connectivity index (χ4n) is 2.65. The minimum absolute atomic E-state index is 0.125. The van der Waals surface area contributed by atoms with Crippen LogP contribution in [0.3, 0.4) is 0 Å². The molecular weight excluding hydrogens is 482 g/mol. The summed E-state index contributed by atoms with van der Waals surface area (Å²) in [4.78, 5) is 36.1. The van der Waals surface area contributed by atoms with Crippen molar-refractivity contribution in [1.82, 2.24) is 10.4 Å². The van der Waals surface area contributed by atoms with E-state index in [-0.39, 0.29) is 19.9 Å². The summed E-state index contributed by atoms with van der Waals surface area (Å²) in [6.45, 7) is 0. The molecule has 0 saturated carbocycles. The second kappa shape index (κ2) is 8.63. The van der Waals surface area contributed by atoms with Crippen molar-refractivity contribution in [2.24, 2.45) is 0 Å². The third-order valence-electron chi connectivity index (χ3n) is 4.08. The van der Waals surface area contributed by atoms with Crippen molar-refractivity contribution in [2.45, 2.75) is 0 Å². The normalized spacial score (nSPS) is 15.0. The van der Waals surface area contributed by atoms with Crippen LogP contribution in [0.2, 0.25) is 5.02 Å². The number of non-ortho nitro benzene ring substituents is 1. The number of nitrogens with zero attached hydrogens (tertiary/aromatic N) is 2. The van der Waals surface area contributed by atoms with Gasteiger partial charge >= 0.3 is 0 Å². The number of benzene rings is 1. The highest BCUT2D eigenvalue weighted by atomic mass is 35.5. The highest BCUT2D eigenvalue weighted by Gasteiger charge is 2.34. The van der Waals surface area contributed by atoms with Gasteiger partial charge in [-0.1, -0.05) is 29.4 Å². The molecule has 2 aromatic heterocycles. The molecule has 0 atom stereocenters. The Bertz CT molecular complexity index is 1250. The fourth-order valence-corrected chi connectivity index (χ4v) is 4.63. The van der Waals surface area contributed by atoms with Crippen LogP contribution in [0.1, 0.15) is 15.4 Å². The van der Waals surface area contributed by atoms with E-state index in [4.69, 9.17) is 28.2 Å². The Morgan fingerprint density at radius 3 is 2.81 bits per heavy atom. The zero-order chi connectivity index (χ0) is 22.1. The smallest absolute Gasteiger partial charge is 0.285 e. The Balaban J connectivity index is 1.55. The molecule has 31 heavy (non-hydrogen) atoms. The summed E-state index contributed by atoms with van der Waals surface area (Å²) in [6.07, 6.45) is 1.48. The third-order valence-corrected chi connectivity index (χ3v) is 6.58. The van der Waals surface area contributed by atoms with Crippen LogP contribution in [0, 0.1) is 10.1 Å². The first-order valence-corrected chi connectivity index (χ1v) is 11.0. The van der Waals surface area contributed by atoms with Crippen LogP contribution in [0.4, 0.5) is 5.69 Å². The molecule has 1 fully saturated rings. The standard InChI is InChI=1S/C19H10ClN3O5S3/c20-13-5-3-10(23(26)27)8-12(13)14-6-4-11(28-14)9-16-18(25)22(19(29)31-16)21-17(24)15-2-1-7-30-15/h1-9H,(H,21,24)/b16-9+. The van der Waals surface area contributed by atoms with Gasteiger partial charge in [-0.2, -0.15) is 5.01 Å². The highest BCUT2D eigenvalue weighted by molar-refractivity contribution is 8.26. The zero-order valence-electron chi connectivity index (χ0n) is 15.2. The van der Waals surface area contributed by atoms with Crippen LogP contribution in [0.5, 0.6) is 0 Å². The van der Waals surface area contributed by atoms with Crippen molar-refractivity contribution in [1.29, 1.82) is 0 Å². The van der Waals surface area contributed by atoms with Gasteiger partial charge in [0.15, 0.2) is 4.32 Å². The SMILES string of the molecule is O=C(NN1C(=O)/C(=C\c2ccc(-c3cc([N+](=O)[O-])ccc3Cl)o2)SC1=S)c1cccs1. The van der Waals surface area contributed by atoms with E-state index in [2.05, 4.69) is 5.43 Å². The molecule has 4 rings (SSSR count). The van der Waals surface area contributed by atoms with E-state index in [1.807, 2.05) is 0 Å². The number of rotatable bonds is 5. The van der Waals surface area contributed by atoms with Gasteiger partial charge in [0.1, 0.15) is 11.5 Å². The van der Waals surface area contributed by atoms with E-state index in [1.165, 1.54) is 35.6 Å². The molecule has 156 valence electrons. The topological polar surface area (TPSA) is 106 Å². The number of nitro groups is 1. The van der Waals surface area contributed by atoms with Crippen molar-refractivity contribution in [3.05, 3.63) is 78.5 Å². The first-order chi connectivity index (χ1) is 14.8. The second-order valence-electron chi connectivity index (χ2n) is 6.06. The molecule has 0 radical (unpaired) electrons. The van der Waals surface area contributed by atoms with E-state index < -0.39 is 16.7 Å². The summed E-state index contributed by atoms with van der Waals surface area (Å²) in [5.41, 5.74) is 2.72. The number of thioether (sulfide) groups is 1. The molecule has 1 aliphatic heterocycles. The number of thiocarbonyl (C=S) groups is 1. The Kier molecular flexibility index (Phi) is 5.92. The number of furan rings is 1. The van der Waals surface area contributed by atoms with Gasteiger partial charge in [-0.05, 0) is 41.9 Å². The van der Waals surface area contributed by atoms with Gasteiger partial charge in [0, 0.05) is 23.8 Å². The van der Waals surface area contributed by atoms with Crippen LogP contribution in [0.15, 0.2) is 57.2 Å². The van der Waals surface area contributed by atoms with E-state index >= 15 is 0 Å². The number of halogens is 1. The number of hydrogen-bond donors (Lipinski definition) is 1. The molecule has 0 bridgehead atoms. The van der Waals surface area contributed by atoms with Gasteiger partial charge in [0.2, 0.25) is 0 Å². The minimum atomic E-state index is -0.528.